The fourth-order valence-electron chi connectivity index (χ4n) is 0.509. The molecule has 0 bridgehead atoms. The van der Waals surface area contributed by atoms with Crippen LogP contribution in [0.2, 0.25) is 0 Å². The van der Waals surface area contributed by atoms with E-state index in [1.54, 1.807) is 18.7 Å². The fraction of sp³-hybridized carbons (Fsp3) is 1.00. The summed E-state index contributed by atoms with van der Waals surface area (Å²) in [6.07, 6.45) is 3.17. The van der Waals surface area contributed by atoms with Crippen LogP contribution in [0.3, 0.4) is 0 Å². The first-order chi connectivity index (χ1) is 3.77. The van der Waals surface area contributed by atoms with E-state index in [0.717, 1.165) is 18.6 Å². The van der Waals surface area contributed by atoms with Crippen LogP contribution in [0.1, 0.15) is 19.8 Å². The van der Waals surface area contributed by atoms with Crippen molar-refractivity contribution < 1.29 is 4.39 Å². The average molecular weight is 136 g/mol. The molecule has 0 radical (unpaired) electrons. The molecule has 8 heavy (non-hydrogen) atoms. The van der Waals surface area contributed by atoms with E-state index in [1.807, 2.05) is 6.26 Å². The molecule has 0 aromatic rings. The van der Waals surface area contributed by atoms with Gasteiger partial charge in [-0.1, -0.05) is 0 Å². The van der Waals surface area contributed by atoms with E-state index in [-0.39, 0.29) is 0 Å². The van der Waals surface area contributed by atoms with Gasteiger partial charge < -0.3 is 0 Å². The number of hydrogen-bond donors (Lipinski definition) is 0. The number of alkyl halides is 1. The van der Waals surface area contributed by atoms with Crippen molar-refractivity contribution in [3.63, 3.8) is 0 Å². The molecule has 0 aliphatic carbocycles. The molecule has 0 fully saturated rings. The Morgan fingerprint density at radius 1 is 1.62 bits per heavy atom. The van der Waals surface area contributed by atoms with Gasteiger partial charge in [-0.05, 0) is 31.8 Å². The molecular weight excluding hydrogens is 123 g/mol. The molecule has 50 valence electrons. The minimum Gasteiger partial charge on any atom is -0.248 e. The van der Waals surface area contributed by atoms with Gasteiger partial charge in [0.2, 0.25) is 0 Å². The normalized spacial score (nSPS) is 13.9. The SMILES string of the molecule is CSCCCC(C)F. The van der Waals surface area contributed by atoms with E-state index in [9.17, 15) is 4.39 Å². The Hall–Kier alpha value is 0.280. The molecule has 0 aromatic heterocycles. The number of halogens is 1. The quantitative estimate of drug-likeness (QED) is 0.535. The molecule has 0 aliphatic heterocycles. The molecule has 0 aromatic carbocycles. The fourth-order valence-corrected chi connectivity index (χ4v) is 0.964. The highest BCUT2D eigenvalue weighted by molar-refractivity contribution is 7.98. The third-order valence-electron chi connectivity index (χ3n) is 0.950. The van der Waals surface area contributed by atoms with Crippen molar-refractivity contribution in [2.45, 2.75) is 25.9 Å². The maximum Gasteiger partial charge on any atom is 0.0973 e. The lowest BCUT2D eigenvalue weighted by Gasteiger charge is -1.97. The summed E-state index contributed by atoms with van der Waals surface area (Å²) in [5, 5.41) is 0. The van der Waals surface area contributed by atoms with Gasteiger partial charge in [0.1, 0.15) is 0 Å². The number of hydrogen-bond acceptors (Lipinski definition) is 1. The maximum absolute atomic E-state index is 12.0. The molecule has 1 atom stereocenters. The molecule has 1 unspecified atom stereocenters. The molecule has 0 spiro atoms. The first kappa shape index (κ1) is 8.28. The van der Waals surface area contributed by atoms with Gasteiger partial charge in [-0.15, -0.1) is 0 Å². The molecule has 0 saturated carbocycles. The summed E-state index contributed by atoms with van der Waals surface area (Å²) >= 11 is 1.78. The van der Waals surface area contributed by atoms with Crippen LogP contribution in [-0.2, 0) is 0 Å². The van der Waals surface area contributed by atoms with E-state index in [4.69, 9.17) is 0 Å². The van der Waals surface area contributed by atoms with Crippen molar-refractivity contribution in [3.8, 4) is 0 Å². The van der Waals surface area contributed by atoms with Gasteiger partial charge in [-0.2, -0.15) is 11.8 Å². The van der Waals surface area contributed by atoms with Crippen molar-refractivity contribution >= 4 is 11.8 Å². The minimum absolute atomic E-state index is 0.609. The van der Waals surface area contributed by atoms with Crippen LogP contribution in [0.25, 0.3) is 0 Å². The van der Waals surface area contributed by atoms with Gasteiger partial charge in [0.25, 0.3) is 0 Å². The van der Waals surface area contributed by atoms with Gasteiger partial charge in [0.05, 0.1) is 6.17 Å². The second-order valence-electron chi connectivity index (χ2n) is 1.92. The zero-order valence-electron chi connectivity index (χ0n) is 5.48. The zero-order valence-corrected chi connectivity index (χ0v) is 6.30. The Balaban J connectivity index is 2.72. The van der Waals surface area contributed by atoms with Gasteiger partial charge in [0.15, 0.2) is 0 Å². The topological polar surface area (TPSA) is 0 Å². The third-order valence-corrected chi connectivity index (χ3v) is 1.65. The number of rotatable bonds is 4. The van der Waals surface area contributed by atoms with Crippen molar-refractivity contribution in [1.29, 1.82) is 0 Å². The molecule has 0 rings (SSSR count). The molecular formula is C6H13FS. The summed E-state index contributed by atoms with van der Waals surface area (Å²) in [7, 11) is 0. The van der Waals surface area contributed by atoms with Crippen molar-refractivity contribution in [3.05, 3.63) is 0 Å². The highest BCUT2D eigenvalue weighted by Gasteiger charge is 1.94. The predicted molar refractivity (Wildman–Crippen MR) is 38.2 cm³/mol. The van der Waals surface area contributed by atoms with Gasteiger partial charge >= 0.3 is 0 Å². The lowest BCUT2D eigenvalue weighted by Crippen LogP contribution is -1.92. The van der Waals surface area contributed by atoms with Crippen LogP contribution in [-0.4, -0.2) is 18.2 Å². The average Bonchev–Trinajstić information content (AvgIpc) is 1.66. The zero-order chi connectivity index (χ0) is 6.41. The lowest BCUT2D eigenvalue weighted by atomic mass is 10.2. The molecule has 0 saturated heterocycles. The van der Waals surface area contributed by atoms with Gasteiger partial charge in [-0.3, -0.25) is 0 Å². The second kappa shape index (κ2) is 5.42. The van der Waals surface area contributed by atoms with Crippen molar-refractivity contribution in [2.24, 2.45) is 0 Å². The number of thioether (sulfide) groups is 1. The predicted octanol–water partition coefficient (Wildman–Crippen LogP) is 2.49. The Morgan fingerprint density at radius 3 is 2.62 bits per heavy atom. The summed E-state index contributed by atoms with van der Waals surface area (Å²) in [6, 6.07) is 0. The van der Waals surface area contributed by atoms with E-state index in [1.165, 1.54) is 0 Å². The van der Waals surface area contributed by atoms with Crippen LogP contribution in [0, 0.1) is 0 Å². The van der Waals surface area contributed by atoms with Crippen LogP contribution in [0.5, 0.6) is 0 Å². The van der Waals surface area contributed by atoms with Crippen LogP contribution >= 0.6 is 11.8 Å². The largest absolute Gasteiger partial charge is 0.248 e. The van der Waals surface area contributed by atoms with Crippen LogP contribution in [0.4, 0.5) is 4.39 Å². The summed E-state index contributed by atoms with van der Waals surface area (Å²) in [4.78, 5) is 0. The Bertz CT molecular complexity index is 45.8. The summed E-state index contributed by atoms with van der Waals surface area (Å²) < 4.78 is 12.0. The standard InChI is InChI=1S/C6H13FS/c1-6(7)4-3-5-8-2/h6H,3-5H2,1-2H3. The summed E-state index contributed by atoms with van der Waals surface area (Å²) in [6.45, 7) is 1.61. The van der Waals surface area contributed by atoms with E-state index in [2.05, 4.69) is 0 Å². The highest BCUT2D eigenvalue weighted by atomic mass is 32.2. The summed E-state index contributed by atoms with van der Waals surface area (Å²) in [5.41, 5.74) is 0. The minimum atomic E-state index is -0.609. The monoisotopic (exact) mass is 136 g/mol. The molecule has 0 heterocycles. The summed E-state index contributed by atoms with van der Waals surface area (Å²) in [5.74, 6) is 1.09. The van der Waals surface area contributed by atoms with E-state index in [0.29, 0.717) is 0 Å². The smallest absolute Gasteiger partial charge is 0.0973 e. The molecule has 0 nitrogen and oxygen atoms in total. The Kier molecular flexibility index (Phi) is 5.61. The first-order valence-electron chi connectivity index (χ1n) is 2.90. The van der Waals surface area contributed by atoms with E-state index >= 15 is 0 Å². The second-order valence-corrected chi connectivity index (χ2v) is 2.90. The molecule has 2 heteroatoms. The highest BCUT2D eigenvalue weighted by Crippen LogP contribution is 2.04. The van der Waals surface area contributed by atoms with Crippen LogP contribution in [0.15, 0.2) is 0 Å². The Labute approximate surface area is 54.9 Å². The van der Waals surface area contributed by atoms with Gasteiger partial charge in [-0.25, -0.2) is 4.39 Å². The van der Waals surface area contributed by atoms with Gasteiger partial charge in [0, 0.05) is 0 Å². The van der Waals surface area contributed by atoms with Crippen LogP contribution < -0.4 is 0 Å². The maximum atomic E-state index is 12.0. The van der Waals surface area contributed by atoms with E-state index < -0.39 is 6.17 Å². The Morgan fingerprint density at radius 2 is 2.25 bits per heavy atom. The first-order valence-corrected chi connectivity index (χ1v) is 4.29. The molecule has 0 aliphatic rings. The molecule has 0 amide bonds. The van der Waals surface area contributed by atoms with Crippen molar-refractivity contribution in [1.82, 2.24) is 0 Å². The van der Waals surface area contributed by atoms with Crippen molar-refractivity contribution in [2.75, 3.05) is 12.0 Å². The third kappa shape index (κ3) is 6.28. The lowest BCUT2D eigenvalue weighted by molar-refractivity contribution is 0.339. The molecule has 0 N–H and O–H groups in total.